The molecule has 0 aromatic carbocycles. The topological polar surface area (TPSA) is 95.7 Å². The first-order chi connectivity index (χ1) is 8.06. The van der Waals surface area contributed by atoms with Gasteiger partial charge in [-0.15, -0.1) is 0 Å². The van der Waals surface area contributed by atoms with Crippen LogP contribution in [0, 0.1) is 0 Å². The summed E-state index contributed by atoms with van der Waals surface area (Å²) in [5, 5.41) is 11.4. The van der Waals surface area contributed by atoms with E-state index >= 15 is 0 Å². The summed E-state index contributed by atoms with van der Waals surface area (Å²) in [5.74, 6) is -0.123. The van der Waals surface area contributed by atoms with E-state index in [0.29, 0.717) is 13.0 Å². The van der Waals surface area contributed by atoms with Gasteiger partial charge < -0.3 is 21.1 Å². The molecule has 0 aliphatic carbocycles. The van der Waals surface area contributed by atoms with Gasteiger partial charge in [-0.05, 0) is 32.6 Å². The zero-order chi connectivity index (χ0) is 12.8. The van der Waals surface area contributed by atoms with Gasteiger partial charge in [0.15, 0.2) is 0 Å². The van der Waals surface area contributed by atoms with Gasteiger partial charge in [0.05, 0.1) is 0 Å². The summed E-state index contributed by atoms with van der Waals surface area (Å²) in [5.41, 5.74) is 4.99. The molecule has 98 valence electrons. The van der Waals surface area contributed by atoms with Gasteiger partial charge >= 0.3 is 6.03 Å². The van der Waals surface area contributed by atoms with Crippen molar-refractivity contribution in [2.45, 2.75) is 44.7 Å². The summed E-state index contributed by atoms with van der Waals surface area (Å²) < 4.78 is 0. The zero-order valence-electron chi connectivity index (χ0n) is 10.2. The molecule has 0 radical (unpaired) electrons. The molecule has 0 aromatic heterocycles. The number of likely N-dealkylation sites (tertiary alicyclic amines) is 1. The largest absolute Gasteiger partial charge is 0.396 e. The highest BCUT2D eigenvalue weighted by atomic mass is 16.3. The molecular formula is C11H21N3O3. The number of hydrogen-bond donors (Lipinski definition) is 3. The maximum absolute atomic E-state index is 12.1. The van der Waals surface area contributed by atoms with Gasteiger partial charge in [0, 0.05) is 19.2 Å². The van der Waals surface area contributed by atoms with Crippen LogP contribution in [0.25, 0.3) is 0 Å². The highest BCUT2D eigenvalue weighted by Gasteiger charge is 2.29. The van der Waals surface area contributed by atoms with E-state index in [2.05, 4.69) is 5.32 Å². The van der Waals surface area contributed by atoms with Gasteiger partial charge in [-0.3, -0.25) is 4.79 Å². The van der Waals surface area contributed by atoms with Gasteiger partial charge in [-0.2, -0.15) is 0 Å². The number of carbonyl (C=O) groups is 2. The van der Waals surface area contributed by atoms with Crippen molar-refractivity contribution in [1.29, 1.82) is 0 Å². The van der Waals surface area contributed by atoms with Crippen molar-refractivity contribution in [3.8, 4) is 0 Å². The molecular weight excluding hydrogens is 222 g/mol. The number of nitrogens with zero attached hydrogens (tertiary/aromatic N) is 1. The number of rotatable bonds is 4. The number of nitrogens with two attached hydrogens (primary N) is 1. The number of primary amides is 1. The number of aliphatic hydroxyl groups is 1. The molecule has 1 saturated heterocycles. The van der Waals surface area contributed by atoms with Crippen molar-refractivity contribution in [3.05, 3.63) is 0 Å². The maximum atomic E-state index is 12.1. The second-order valence-electron chi connectivity index (χ2n) is 4.42. The summed E-state index contributed by atoms with van der Waals surface area (Å²) in [6.45, 7) is 2.39. The molecule has 1 heterocycles. The lowest BCUT2D eigenvalue weighted by Gasteiger charge is -2.37. The molecule has 1 aliphatic heterocycles. The number of aliphatic hydroxyl groups excluding tert-OH is 1. The molecule has 3 amide bonds. The normalized spacial score (nSPS) is 22.0. The third-order valence-electron chi connectivity index (χ3n) is 3.10. The third-order valence-corrected chi connectivity index (χ3v) is 3.10. The fourth-order valence-electron chi connectivity index (χ4n) is 2.26. The summed E-state index contributed by atoms with van der Waals surface area (Å²) in [6, 6.07) is -1.22. The van der Waals surface area contributed by atoms with Crippen molar-refractivity contribution < 1.29 is 14.7 Å². The lowest BCUT2D eigenvalue weighted by molar-refractivity contribution is -0.136. The van der Waals surface area contributed by atoms with Crippen LogP contribution in [0.2, 0.25) is 0 Å². The van der Waals surface area contributed by atoms with E-state index in [-0.39, 0.29) is 18.6 Å². The van der Waals surface area contributed by atoms with Crippen LogP contribution < -0.4 is 11.1 Å². The van der Waals surface area contributed by atoms with Crippen LogP contribution in [0.15, 0.2) is 0 Å². The van der Waals surface area contributed by atoms with E-state index in [4.69, 9.17) is 10.8 Å². The zero-order valence-corrected chi connectivity index (χ0v) is 10.2. The molecule has 1 fully saturated rings. The predicted molar refractivity (Wildman–Crippen MR) is 63.2 cm³/mol. The number of nitrogens with one attached hydrogen (secondary N) is 1. The van der Waals surface area contributed by atoms with E-state index in [0.717, 1.165) is 19.3 Å². The Kier molecular flexibility index (Phi) is 5.21. The van der Waals surface area contributed by atoms with Gasteiger partial charge in [0.2, 0.25) is 5.91 Å². The summed E-state index contributed by atoms with van der Waals surface area (Å²) >= 11 is 0. The fraction of sp³-hybridized carbons (Fsp3) is 0.818. The van der Waals surface area contributed by atoms with E-state index in [9.17, 15) is 9.59 Å². The van der Waals surface area contributed by atoms with Crippen molar-refractivity contribution in [3.63, 3.8) is 0 Å². The van der Waals surface area contributed by atoms with Gasteiger partial charge in [-0.25, -0.2) is 4.79 Å². The molecule has 0 saturated carbocycles. The Labute approximate surface area is 101 Å². The highest BCUT2D eigenvalue weighted by molar-refractivity contribution is 5.86. The molecule has 0 spiro atoms. The molecule has 2 unspecified atom stereocenters. The van der Waals surface area contributed by atoms with Crippen LogP contribution in [0.4, 0.5) is 4.79 Å². The number of amides is 3. The minimum atomic E-state index is -0.693. The Morgan fingerprint density at radius 2 is 2.24 bits per heavy atom. The molecule has 17 heavy (non-hydrogen) atoms. The Morgan fingerprint density at radius 3 is 2.82 bits per heavy atom. The van der Waals surface area contributed by atoms with E-state index in [1.54, 1.807) is 11.8 Å². The monoisotopic (exact) mass is 243 g/mol. The van der Waals surface area contributed by atoms with Gasteiger partial charge in [-0.1, -0.05) is 0 Å². The lowest BCUT2D eigenvalue weighted by atomic mass is 9.99. The quantitative estimate of drug-likeness (QED) is 0.638. The second-order valence-corrected chi connectivity index (χ2v) is 4.42. The molecule has 1 aliphatic rings. The Balaban J connectivity index is 2.60. The van der Waals surface area contributed by atoms with Crippen molar-refractivity contribution in [2.24, 2.45) is 5.73 Å². The summed E-state index contributed by atoms with van der Waals surface area (Å²) in [6.07, 6.45) is 3.55. The number of hydrogen-bond acceptors (Lipinski definition) is 3. The van der Waals surface area contributed by atoms with Gasteiger partial charge in [0.1, 0.15) is 6.04 Å². The number of urea groups is 1. The molecule has 1 rings (SSSR count). The number of piperidine rings is 1. The Hall–Kier alpha value is -1.30. The van der Waals surface area contributed by atoms with Crippen LogP contribution in [-0.2, 0) is 4.79 Å². The average Bonchev–Trinajstić information content (AvgIpc) is 2.28. The van der Waals surface area contributed by atoms with E-state index in [1.165, 1.54) is 0 Å². The molecule has 6 heteroatoms. The van der Waals surface area contributed by atoms with Crippen LogP contribution >= 0.6 is 0 Å². The van der Waals surface area contributed by atoms with Crippen LogP contribution in [0.1, 0.15) is 32.6 Å². The van der Waals surface area contributed by atoms with Crippen LogP contribution in [-0.4, -0.2) is 47.2 Å². The first-order valence-electron chi connectivity index (χ1n) is 6.03. The van der Waals surface area contributed by atoms with Crippen molar-refractivity contribution in [2.75, 3.05) is 13.2 Å². The molecule has 4 N–H and O–H groups in total. The summed E-state index contributed by atoms with van der Waals surface area (Å²) in [4.78, 5) is 24.5. The minimum absolute atomic E-state index is 0.0755. The first-order valence-corrected chi connectivity index (χ1v) is 6.03. The van der Waals surface area contributed by atoms with E-state index < -0.39 is 12.1 Å². The maximum Gasteiger partial charge on any atom is 0.312 e. The Bertz CT molecular complexity index is 281. The predicted octanol–water partition coefficient (Wildman–Crippen LogP) is -0.193. The standard InChI is InChI=1S/C11H21N3O3/c1-8(13-11(12)17)10(16)14-6-3-2-4-9(14)5-7-15/h8-9,15H,2-7H2,1H3,(H3,12,13,17). The van der Waals surface area contributed by atoms with Crippen LogP contribution in [0.3, 0.4) is 0 Å². The third kappa shape index (κ3) is 3.89. The summed E-state index contributed by atoms with van der Waals surface area (Å²) in [7, 11) is 0. The first kappa shape index (κ1) is 13.8. The lowest BCUT2D eigenvalue weighted by Crippen LogP contribution is -2.53. The smallest absolute Gasteiger partial charge is 0.312 e. The molecule has 2 atom stereocenters. The van der Waals surface area contributed by atoms with Crippen LogP contribution in [0.5, 0.6) is 0 Å². The van der Waals surface area contributed by atoms with E-state index in [1.807, 2.05) is 0 Å². The SMILES string of the molecule is CC(NC(N)=O)C(=O)N1CCCCC1CCO. The average molecular weight is 243 g/mol. The molecule has 0 aromatic rings. The van der Waals surface area contributed by atoms with Crippen molar-refractivity contribution >= 4 is 11.9 Å². The molecule has 6 nitrogen and oxygen atoms in total. The number of carbonyl (C=O) groups excluding carboxylic acids is 2. The highest BCUT2D eigenvalue weighted by Crippen LogP contribution is 2.20. The van der Waals surface area contributed by atoms with Gasteiger partial charge in [0.25, 0.3) is 0 Å². The Morgan fingerprint density at radius 1 is 1.53 bits per heavy atom. The molecule has 0 bridgehead atoms. The minimum Gasteiger partial charge on any atom is -0.396 e. The fourth-order valence-corrected chi connectivity index (χ4v) is 2.26. The second kappa shape index (κ2) is 6.44. The van der Waals surface area contributed by atoms with Crippen molar-refractivity contribution in [1.82, 2.24) is 10.2 Å².